The summed E-state index contributed by atoms with van der Waals surface area (Å²) in [6, 6.07) is 24.9. The lowest BCUT2D eigenvalue weighted by Gasteiger charge is -2.31. The molecule has 2 aromatic heterocycles. The number of aromatic nitrogens is 3. The van der Waals surface area contributed by atoms with Crippen molar-refractivity contribution in [2.75, 3.05) is 5.32 Å². The summed E-state index contributed by atoms with van der Waals surface area (Å²) in [5, 5.41) is 8.43. The van der Waals surface area contributed by atoms with Gasteiger partial charge in [0.1, 0.15) is 11.6 Å². The molecular weight excluding hydrogens is 513 g/mol. The van der Waals surface area contributed by atoms with Crippen molar-refractivity contribution in [3.8, 4) is 11.5 Å². The fourth-order valence-corrected chi connectivity index (χ4v) is 5.57. The highest BCUT2D eigenvalue weighted by molar-refractivity contribution is 6.33. The van der Waals surface area contributed by atoms with Crippen LogP contribution in [0.2, 0.25) is 5.02 Å². The second-order valence-corrected chi connectivity index (χ2v) is 10.1. The molecule has 0 aliphatic carbocycles. The summed E-state index contributed by atoms with van der Waals surface area (Å²) in [5.41, 5.74) is 5.74. The molecule has 6 rings (SSSR count). The Balaban J connectivity index is 1.55. The van der Waals surface area contributed by atoms with Crippen LogP contribution in [0, 0.1) is 12.7 Å². The number of hydrogen-bond donors (Lipinski definition) is 1. The van der Waals surface area contributed by atoms with Crippen molar-refractivity contribution >= 4 is 23.3 Å². The van der Waals surface area contributed by atoms with Gasteiger partial charge in [0.25, 0.3) is 0 Å². The fourth-order valence-electron chi connectivity index (χ4n) is 5.28. The number of para-hydroxylation sites is 1. The number of nitrogens with one attached hydrogen (secondary N) is 1. The van der Waals surface area contributed by atoms with Crippen molar-refractivity contribution in [1.29, 1.82) is 0 Å². The Hall–Kier alpha value is -4.36. The van der Waals surface area contributed by atoms with Gasteiger partial charge in [-0.15, -0.1) is 0 Å². The molecule has 1 atom stereocenters. The minimum absolute atomic E-state index is 0.267. The average molecular weight is 540 g/mol. The summed E-state index contributed by atoms with van der Waals surface area (Å²) >= 11 is 6.48. The molecule has 0 bridgehead atoms. The quantitative estimate of drug-likeness (QED) is 0.258. The van der Waals surface area contributed by atoms with E-state index in [4.69, 9.17) is 16.7 Å². The maximum Gasteiger partial charge on any atom is 0.323 e. The van der Waals surface area contributed by atoms with Crippen LogP contribution in [0.1, 0.15) is 41.0 Å². The SMILES string of the molecule is CCc1nn(-c2ccccc2)c2c1CN(C(=O)Nc1ccc(C)cc1Cl)[C@H](c1cccc(F)c1)c1cccn1-2. The normalized spacial score (nSPS) is 14.5. The van der Waals surface area contributed by atoms with Crippen LogP contribution in [0.25, 0.3) is 11.5 Å². The molecule has 0 spiro atoms. The highest BCUT2D eigenvalue weighted by atomic mass is 35.5. The molecule has 8 heteroatoms. The number of carbonyl (C=O) groups is 1. The van der Waals surface area contributed by atoms with E-state index >= 15 is 0 Å². The Kier molecular flexibility index (Phi) is 6.45. The predicted molar refractivity (Wildman–Crippen MR) is 151 cm³/mol. The van der Waals surface area contributed by atoms with E-state index in [9.17, 15) is 9.18 Å². The fraction of sp³-hybridized carbons (Fsp3) is 0.161. The smallest absolute Gasteiger partial charge is 0.307 e. The van der Waals surface area contributed by atoms with Crippen LogP contribution in [0.15, 0.2) is 91.1 Å². The first-order valence-corrected chi connectivity index (χ1v) is 13.3. The number of anilines is 1. The topological polar surface area (TPSA) is 55.1 Å². The van der Waals surface area contributed by atoms with Gasteiger partial charge in [0.15, 0.2) is 0 Å². The van der Waals surface area contributed by atoms with Crippen molar-refractivity contribution < 1.29 is 9.18 Å². The Labute approximate surface area is 231 Å². The number of hydrogen-bond acceptors (Lipinski definition) is 2. The number of nitrogens with zero attached hydrogens (tertiary/aromatic N) is 4. The average Bonchev–Trinajstić information content (AvgIpc) is 3.51. The van der Waals surface area contributed by atoms with Gasteiger partial charge in [-0.2, -0.15) is 5.10 Å². The van der Waals surface area contributed by atoms with Gasteiger partial charge < -0.3 is 14.8 Å². The molecule has 6 nitrogen and oxygen atoms in total. The van der Waals surface area contributed by atoms with Gasteiger partial charge in [0, 0.05) is 11.8 Å². The molecule has 0 unspecified atom stereocenters. The lowest BCUT2D eigenvalue weighted by molar-refractivity contribution is 0.194. The van der Waals surface area contributed by atoms with E-state index in [-0.39, 0.29) is 18.4 Å². The van der Waals surface area contributed by atoms with Gasteiger partial charge in [-0.25, -0.2) is 13.9 Å². The molecule has 3 aromatic carbocycles. The maximum atomic E-state index is 14.5. The predicted octanol–water partition coefficient (Wildman–Crippen LogP) is 7.46. The molecule has 39 heavy (non-hydrogen) atoms. The van der Waals surface area contributed by atoms with Gasteiger partial charge >= 0.3 is 6.03 Å². The summed E-state index contributed by atoms with van der Waals surface area (Å²) in [6.07, 6.45) is 2.65. The third kappa shape index (κ3) is 4.49. The number of aryl methyl sites for hydroxylation is 2. The Morgan fingerprint density at radius 1 is 1.05 bits per heavy atom. The summed E-state index contributed by atoms with van der Waals surface area (Å²) in [6.45, 7) is 4.27. The van der Waals surface area contributed by atoms with E-state index in [1.165, 1.54) is 12.1 Å². The van der Waals surface area contributed by atoms with Crippen LogP contribution in [0.4, 0.5) is 14.9 Å². The second kappa shape index (κ2) is 10.1. The Morgan fingerprint density at radius 2 is 1.87 bits per heavy atom. The van der Waals surface area contributed by atoms with E-state index < -0.39 is 6.04 Å². The highest BCUT2D eigenvalue weighted by Crippen LogP contribution is 2.39. The van der Waals surface area contributed by atoms with E-state index in [1.54, 1.807) is 17.0 Å². The van der Waals surface area contributed by atoms with Gasteiger partial charge in [0.05, 0.1) is 40.4 Å². The van der Waals surface area contributed by atoms with Crippen molar-refractivity contribution in [2.45, 2.75) is 32.9 Å². The number of fused-ring (bicyclic) bond motifs is 3. The van der Waals surface area contributed by atoms with Crippen molar-refractivity contribution in [3.63, 3.8) is 0 Å². The highest BCUT2D eigenvalue weighted by Gasteiger charge is 2.36. The zero-order valence-electron chi connectivity index (χ0n) is 21.6. The lowest BCUT2D eigenvalue weighted by Crippen LogP contribution is -2.38. The Bertz CT molecular complexity index is 1680. The lowest BCUT2D eigenvalue weighted by atomic mass is 10.0. The van der Waals surface area contributed by atoms with E-state index in [0.717, 1.165) is 34.0 Å². The minimum atomic E-state index is -0.568. The summed E-state index contributed by atoms with van der Waals surface area (Å²) in [4.78, 5) is 15.8. The van der Waals surface area contributed by atoms with Crippen LogP contribution in [0.5, 0.6) is 0 Å². The van der Waals surface area contributed by atoms with Gasteiger partial charge in [-0.05, 0) is 73.0 Å². The van der Waals surface area contributed by atoms with Gasteiger partial charge in [0.2, 0.25) is 0 Å². The number of carbonyl (C=O) groups excluding carboxylic acids is 1. The molecule has 0 fully saturated rings. The first-order valence-electron chi connectivity index (χ1n) is 12.9. The third-order valence-electron chi connectivity index (χ3n) is 7.10. The number of rotatable bonds is 4. The largest absolute Gasteiger partial charge is 0.323 e. The molecule has 3 heterocycles. The van der Waals surface area contributed by atoms with Gasteiger partial charge in [-0.3, -0.25) is 0 Å². The van der Waals surface area contributed by atoms with Gasteiger partial charge in [-0.1, -0.05) is 54.9 Å². The van der Waals surface area contributed by atoms with Crippen LogP contribution < -0.4 is 5.32 Å². The van der Waals surface area contributed by atoms with Crippen LogP contribution >= 0.6 is 11.6 Å². The van der Waals surface area contributed by atoms with E-state index in [0.29, 0.717) is 22.7 Å². The molecule has 196 valence electrons. The zero-order valence-corrected chi connectivity index (χ0v) is 22.4. The molecule has 1 aliphatic heterocycles. The Morgan fingerprint density at radius 3 is 2.62 bits per heavy atom. The van der Waals surface area contributed by atoms with Crippen LogP contribution in [0.3, 0.4) is 0 Å². The zero-order chi connectivity index (χ0) is 27.1. The number of amides is 2. The standard InChI is InChI=1S/C31H27ClFN5O/c1-3-26-24-19-37(31(39)34-27-15-14-20(2)17-25(27)32)29(21-9-7-10-22(33)18-21)28-13-8-16-36(28)30(24)38(35-26)23-11-5-4-6-12-23/h4-18,29H,3,19H2,1-2H3,(H,34,39)/t29-/m1/s1. The number of benzene rings is 3. The molecule has 0 saturated carbocycles. The van der Waals surface area contributed by atoms with Crippen molar-refractivity contribution in [3.05, 3.63) is 130 Å². The number of urea groups is 1. The molecule has 2 amide bonds. The molecule has 0 radical (unpaired) electrons. The summed E-state index contributed by atoms with van der Waals surface area (Å²) < 4.78 is 18.5. The van der Waals surface area contributed by atoms with Crippen molar-refractivity contribution in [1.82, 2.24) is 19.2 Å². The van der Waals surface area contributed by atoms with Crippen LogP contribution in [-0.4, -0.2) is 25.3 Å². The van der Waals surface area contributed by atoms with E-state index in [2.05, 4.69) is 16.8 Å². The second-order valence-electron chi connectivity index (χ2n) is 9.65. The first kappa shape index (κ1) is 24.9. The molecule has 1 aliphatic rings. The minimum Gasteiger partial charge on any atom is -0.307 e. The summed E-state index contributed by atoms with van der Waals surface area (Å²) in [5.74, 6) is 0.502. The third-order valence-corrected chi connectivity index (χ3v) is 7.41. The molecule has 5 aromatic rings. The number of halogens is 2. The van der Waals surface area contributed by atoms with Crippen molar-refractivity contribution in [2.24, 2.45) is 0 Å². The monoisotopic (exact) mass is 539 g/mol. The summed E-state index contributed by atoms with van der Waals surface area (Å²) in [7, 11) is 0. The first-order chi connectivity index (χ1) is 18.9. The maximum absolute atomic E-state index is 14.5. The van der Waals surface area contributed by atoms with Crippen LogP contribution in [-0.2, 0) is 13.0 Å². The molecule has 1 N–H and O–H groups in total. The van der Waals surface area contributed by atoms with E-state index in [1.807, 2.05) is 78.5 Å². The molecule has 0 saturated heterocycles. The molecular formula is C31H27ClFN5O.